The summed E-state index contributed by atoms with van der Waals surface area (Å²) < 4.78 is 41.0. The SMILES string of the molecule is FC(F)(F)Oc1cccc(Cl)c1CNNc1ccccc1. The molecule has 0 saturated carbocycles. The van der Waals surface area contributed by atoms with Gasteiger partial charge in [0.15, 0.2) is 0 Å². The van der Waals surface area contributed by atoms with Crippen LogP contribution in [0.2, 0.25) is 5.02 Å². The molecule has 3 nitrogen and oxygen atoms in total. The molecule has 0 aromatic heterocycles. The van der Waals surface area contributed by atoms with E-state index < -0.39 is 6.36 Å². The highest BCUT2D eigenvalue weighted by Gasteiger charge is 2.32. The van der Waals surface area contributed by atoms with Gasteiger partial charge in [0.25, 0.3) is 0 Å². The molecule has 0 aliphatic carbocycles. The van der Waals surface area contributed by atoms with Gasteiger partial charge in [-0.05, 0) is 24.3 Å². The minimum absolute atomic E-state index is 0.0694. The lowest BCUT2D eigenvalue weighted by molar-refractivity contribution is -0.274. The third kappa shape index (κ3) is 4.84. The standard InChI is InChI=1S/C14H12ClF3N2O/c15-12-7-4-8-13(21-14(16,17)18)11(12)9-19-20-10-5-2-1-3-6-10/h1-8,19-20H,9H2. The molecule has 2 aromatic rings. The van der Waals surface area contributed by atoms with Crippen molar-refractivity contribution < 1.29 is 17.9 Å². The van der Waals surface area contributed by atoms with Crippen molar-refractivity contribution in [3.05, 3.63) is 59.1 Å². The van der Waals surface area contributed by atoms with Crippen molar-refractivity contribution in [2.75, 3.05) is 5.43 Å². The monoisotopic (exact) mass is 316 g/mol. The number of rotatable bonds is 5. The van der Waals surface area contributed by atoms with Gasteiger partial charge in [-0.1, -0.05) is 35.9 Å². The third-order valence-electron chi connectivity index (χ3n) is 2.57. The second-order valence-corrected chi connectivity index (χ2v) is 4.52. The maximum atomic E-state index is 12.3. The number of benzene rings is 2. The van der Waals surface area contributed by atoms with Gasteiger partial charge in [0.05, 0.1) is 0 Å². The Bertz CT molecular complexity index is 591. The summed E-state index contributed by atoms with van der Waals surface area (Å²) in [6, 6.07) is 13.3. The van der Waals surface area contributed by atoms with Gasteiger partial charge in [-0.15, -0.1) is 13.2 Å². The Labute approximate surface area is 124 Å². The van der Waals surface area contributed by atoms with Crippen LogP contribution >= 0.6 is 11.6 Å². The van der Waals surface area contributed by atoms with Gasteiger partial charge in [-0.3, -0.25) is 0 Å². The molecular formula is C14H12ClF3N2O. The number of hydrazine groups is 1. The Morgan fingerprint density at radius 1 is 1.00 bits per heavy atom. The van der Waals surface area contributed by atoms with Gasteiger partial charge in [0, 0.05) is 22.8 Å². The molecule has 0 radical (unpaired) electrons. The van der Waals surface area contributed by atoms with Crippen LogP contribution in [0.1, 0.15) is 5.56 Å². The van der Waals surface area contributed by atoms with E-state index in [1.165, 1.54) is 18.2 Å². The zero-order valence-electron chi connectivity index (χ0n) is 10.7. The van der Waals surface area contributed by atoms with Crippen molar-refractivity contribution in [3.63, 3.8) is 0 Å². The molecule has 2 aromatic carbocycles. The van der Waals surface area contributed by atoms with E-state index in [4.69, 9.17) is 11.6 Å². The Hall–Kier alpha value is -1.92. The molecular weight excluding hydrogens is 305 g/mol. The van der Waals surface area contributed by atoms with Gasteiger partial charge in [0.1, 0.15) is 5.75 Å². The quantitative estimate of drug-likeness (QED) is 0.804. The van der Waals surface area contributed by atoms with E-state index in [0.717, 1.165) is 5.69 Å². The highest BCUT2D eigenvalue weighted by atomic mass is 35.5. The van der Waals surface area contributed by atoms with Crippen LogP contribution < -0.4 is 15.6 Å². The predicted molar refractivity (Wildman–Crippen MR) is 75.0 cm³/mol. The molecule has 0 amide bonds. The summed E-state index contributed by atoms with van der Waals surface area (Å²) in [6.45, 7) is 0.0694. The molecule has 0 saturated heterocycles. The van der Waals surface area contributed by atoms with Gasteiger partial charge in [-0.2, -0.15) is 0 Å². The van der Waals surface area contributed by atoms with Gasteiger partial charge < -0.3 is 10.2 Å². The first-order valence-electron chi connectivity index (χ1n) is 6.03. The second-order valence-electron chi connectivity index (χ2n) is 4.11. The van der Waals surface area contributed by atoms with Crippen LogP contribution in [0.4, 0.5) is 18.9 Å². The van der Waals surface area contributed by atoms with Gasteiger partial charge in [-0.25, -0.2) is 5.43 Å². The lowest BCUT2D eigenvalue weighted by atomic mass is 10.2. The first-order chi connectivity index (χ1) is 9.96. The molecule has 21 heavy (non-hydrogen) atoms. The highest BCUT2D eigenvalue weighted by Crippen LogP contribution is 2.30. The second kappa shape index (κ2) is 6.69. The Morgan fingerprint density at radius 3 is 2.38 bits per heavy atom. The molecule has 0 unspecified atom stereocenters. The number of anilines is 1. The van der Waals surface area contributed by atoms with Crippen LogP contribution in [0.3, 0.4) is 0 Å². The number of halogens is 4. The number of para-hydroxylation sites is 1. The minimum Gasteiger partial charge on any atom is -0.405 e. The topological polar surface area (TPSA) is 33.3 Å². The molecule has 0 bridgehead atoms. The largest absolute Gasteiger partial charge is 0.573 e. The maximum Gasteiger partial charge on any atom is 0.573 e. The van der Waals surface area contributed by atoms with Crippen LogP contribution in [0.25, 0.3) is 0 Å². The third-order valence-corrected chi connectivity index (χ3v) is 2.93. The van der Waals surface area contributed by atoms with Crippen LogP contribution in [-0.4, -0.2) is 6.36 Å². The van der Waals surface area contributed by atoms with Crippen LogP contribution in [0.15, 0.2) is 48.5 Å². The molecule has 112 valence electrons. The van der Waals surface area contributed by atoms with Crippen molar-refractivity contribution in [1.29, 1.82) is 0 Å². The van der Waals surface area contributed by atoms with E-state index in [2.05, 4.69) is 15.6 Å². The number of ether oxygens (including phenoxy) is 1. The highest BCUT2D eigenvalue weighted by molar-refractivity contribution is 6.31. The molecule has 0 atom stereocenters. The first kappa shape index (κ1) is 15.5. The van der Waals surface area contributed by atoms with Crippen LogP contribution in [-0.2, 0) is 6.54 Å². The smallest absolute Gasteiger partial charge is 0.405 e. The van der Waals surface area contributed by atoms with Crippen molar-refractivity contribution in [3.8, 4) is 5.75 Å². The molecule has 7 heteroatoms. The van der Waals surface area contributed by atoms with Crippen molar-refractivity contribution in [2.45, 2.75) is 12.9 Å². The van der Waals surface area contributed by atoms with Crippen molar-refractivity contribution in [2.24, 2.45) is 0 Å². The average molecular weight is 317 g/mol. The molecule has 0 spiro atoms. The number of hydrogen-bond donors (Lipinski definition) is 2. The van der Waals surface area contributed by atoms with E-state index >= 15 is 0 Å². The van der Waals surface area contributed by atoms with E-state index in [-0.39, 0.29) is 22.9 Å². The van der Waals surface area contributed by atoms with E-state index in [1.54, 1.807) is 0 Å². The summed E-state index contributed by atoms with van der Waals surface area (Å²) >= 11 is 5.92. The summed E-state index contributed by atoms with van der Waals surface area (Å²) in [5.41, 5.74) is 6.67. The predicted octanol–water partition coefficient (Wildman–Crippen LogP) is 4.36. The summed E-state index contributed by atoms with van der Waals surface area (Å²) in [6.07, 6.45) is -4.76. The summed E-state index contributed by atoms with van der Waals surface area (Å²) in [5, 5.41) is 0.194. The number of hydrogen-bond acceptors (Lipinski definition) is 3. The van der Waals surface area contributed by atoms with Crippen molar-refractivity contribution >= 4 is 17.3 Å². The van der Waals surface area contributed by atoms with Crippen LogP contribution in [0.5, 0.6) is 5.75 Å². The number of alkyl halides is 3. The van der Waals surface area contributed by atoms with E-state index in [9.17, 15) is 13.2 Å². The lowest BCUT2D eigenvalue weighted by Gasteiger charge is -2.15. The van der Waals surface area contributed by atoms with Crippen molar-refractivity contribution in [1.82, 2.24) is 5.43 Å². The first-order valence-corrected chi connectivity index (χ1v) is 6.40. The summed E-state index contributed by atoms with van der Waals surface area (Å²) in [5.74, 6) is -0.322. The minimum atomic E-state index is -4.76. The fourth-order valence-corrected chi connectivity index (χ4v) is 1.92. The Morgan fingerprint density at radius 2 is 1.71 bits per heavy atom. The van der Waals surface area contributed by atoms with E-state index in [0.29, 0.717) is 0 Å². The summed E-state index contributed by atoms with van der Waals surface area (Å²) in [4.78, 5) is 0. The maximum absolute atomic E-state index is 12.3. The zero-order valence-corrected chi connectivity index (χ0v) is 11.5. The fourth-order valence-electron chi connectivity index (χ4n) is 1.69. The Kier molecular flexibility index (Phi) is 4.93. The van der Waals surface area contributed by atoms with E-state index in [1.807, 2.05) is 30.3 Å². The fraction of sp³-hybridized carbons (Fsp3) is 0.143. The normalized spacial score (nSPS) is 11.2. The molecule has 2 N–H and O–H groups in total. The zero-order chi connectivity index (χ0) is 15.3. The van der Waals surface area contributed by atoms with Crippen LogP contribution in [0, 0.1) is 0 Å². The molecule has 0 aliphatic heterocycles. The molecule has 0 aliphatic rings. The Balaban J connectivity index is 2.05. The van der Waals surface area contributed by atoms with Gasteiger partial charge >= 0.3 is 6.36 Å². The molecule has 2 rings (SSSR count). The summed E-state index contributed by atoms with van der Waals surface area (Å²) in [7, 11) is 0. The lowest BCUT2D eigenvalue weighted by Crippen LogP contribution is -2.23. The molecule has 0 heterocycles. The number of nitrogens with one attached hydrogen (secondary N) is 2. The van der Waals surface area contributed by atoms with Gasteiger partial charge in [0.2, 0.25) is 0 Å². The molecule has 0 fully saturated rings. The average Bonchev–Trinajstić information content (AvgIpc) is 2.41.